The van der Waals surface area contributed by atoms with Crippen molar-refractivity contribution in [1.29, 1.82) is 0 Å². The molecule has 3 rings (SSSR count). The molecule has 3 aromatic rings. The van der Waals surface area contributed by atoms with Gasteiger partial charge in [0.2, 0.25) is 10.0 Å². The van der Waals surface area contributed by atoms with Crippen molar-refractivity contribution >= 4 is 15.9 Å². The highest BCUT2D eigenvalue weighted by atomic mass is 32.2. The topological polar surface area (TPSA) is 93.1 Å². The van der Waals surface area contributed by atoms with E-state index in [0.29, 0.717) is 18.5 Å². The zero-order chi connectivity index (χ0) is 20.7. The Morgan fingerprint density at radius 3 is 2.52 bits per heavy atom. The molecule has 0 unspecified atom stereocenters. The van der Waals surface area contributed by atoms with Gasteiger partial charge in [-0.25, -0.2) is 17.8 Å². The number of benzene rings is 2. The molecule has 1 heterocycles. The number of rotatable bonds is 9. The Bertz CT molecular complexity index is 1070. The third-order valence-corrected chi connectivity index (χ3v) is 5.64. The van der Waals surface area contributed by atoms with Crippen molar-refractivity contribution in [2.45, 2.75) is 11.3 Å². The van der Waals surface area contributed by atoms with Gasteiger partial charge in [-0.15, -0.1) is 6.58 Å². The van der Waals surface area contributed by atoms with Crippen LogP contribution in [-0.4, -0.2) is 37.2 Å². The van der Waals surface area contributed by atoms with E-state index in [1.54, 1.807) is 10.9 Å². The molecule has 2 N–H and O–H groups in total. The maximum Gasteiger partial charge on any atom is 0.251 e. The van der Waals surface area contributed by atoms with Crippen molar-refractivity contribution in [2.24, 2.45) is 0 Å². The maximum atomic E-state index is 12.3. The van der Waals surface area contributed by atoms with Crippen molar-refractivity contribution < 1.29 is 13.2 Å². The quantitative estimate of drug-likeness (QED) is 0.530. The monoisotopic (exact) mass is 410 g/mol. The van der Waals surface area contributed by atoms with Crippen molar-refractivity contribution in [3.05, 3.63) is 90.8 Å². The molecule has 0 aliphatic rings. The van der Waals surface area contributed by atoms with Gasteiger partial charge in [0.25, 0.3) is 5.91 Å². The first-order chi connectivity index (χ1) is 14.0. The number of para-hydroxylation sites is 1. The van der Waals surface area contributed by atoms with Gasteiger partial charge in [-0.3, -0.25) is 4.79 Å². The predicted molar refractivity (Wildman–Crippen MR) is 111 cm³/mol. The predicted octanol–water partition coefficient (Wildman–Crippen LogP) is 2.31. The number of carbonyl (C=O) groups excluding carboxylic acids is 1. The average Bonchev–Trinajstić information content (AvgIpc) is 3.22. The number of nitrogens with zero attached hydrogens (tertiary/aromatic N) is 2. The lowest BCUT2D eigenvalue weighted by Crippen LogP contribution is -2.26. The first-order valence-electron chi connectivity index (χ1n) is 9.07. The molecular formula is C21H22N4O3S. The van der Waals surface area contributed by atoms with Crippen LogP contribution in [-0.2, 0) is 16.4 Å². The fourth-order valence-corrected chi connectivity index (χ4v) is 3.67. The van der Waals surface area contributed by atoms with E-state index in [2.05, 4.69) is 21.7 Å². The smallest absolute Gasteiger partial charge is 0.251 e. The molecule has 0 radical (unpaired) electrons. The lowest BCUT2D eigenvalue weighted by atomic mass is 10.2. The minimum atomic E-state index is -3.60. The molecule has 0 aliphatic carbocycles. The molecular weight excluding hydrogens is 388 g/mol. The molecule has 150 valence electrons. The Hall–Kier alpha value is -3.23. The number of carbonyl (C=O) groups is 1. The molecule has 0 saturated carbocycles. The number of amides is 1. The molecule has 1 amide bonds. The standard InChI is InChI=1S/C21H22N4O3S/c1-2-13-24-29(27,28)20-10-8-18(9-11-20)21(26)22-14-12-17-15-23-25(16-17)19-6-4-3-5-7-19/h2-11,15-16,24H,1,12-14H2,(H,22,26). The molecule has 0 saturated heterocycles. The van der Waals surface area contributed by atoms with Gasteiger partial charge < -0.3 is 5.32 Å². The summed E-state index contributed by atoms with van der Waals surface area (Å²) in [6, 6.07) is 15.6. The number of aromatic nitrogens is 2. The number of sulfonamides is 1. The Morgan fingerprint density at radius 2 is 1.83 bits per heavy atom. The van der Waals surface area contributed by atoms with Crippen LogP contribution in [0.5, 0.6) is 0 Å². The summed E-state index contributed by atoms with van der Waals surface area (Å²) in [5.41, 5.74) is 2.37. The first kappa shape index (κ1) is 20.5. The molecule has 8 heteroatoms. The molecule has 2 aromatic carbocycles. The SMILES string of the molecule is C=CCNS(=O)(=O)c1ccc(C(=O)NCCc2cnn(-c3ccccc3)c2)cc1. The van der Waals surface area contributed by atoms with Crippen LogP contribution in [0.1, 0.15) is 15.9 Å². The van der Waals surface area contributed by atoms with E-state index in [1.807, 2.05) is 36.5 Å². The lowest BCUT2D eigenvalue weighted by molar-refractivity contribution is 0.0954. The van der Waals surface area contributed by atoms with Crippen molar-refractivity contribution in [3.63, 3.8) is 0 Å². The minimum Gasteiger partial charge on any atom is -0.352 e. The van der Waals surface area contributed by atoms with Crippen LogP contribution in [0.3, 0.4) is 0 Å². The molecule has 0 spiro atoms. The van der Waals surface area contributed by atoms with Crippen molar-refractivity contribution in [2.75, 3.05) is 13.1 Å². The Balaban J connectivity index is 1.53. The van der Waals surface area contributed by atoms with E-state index < -0.39 is 10.0 Å². The highest BCUT2D eigenvalue weighted by Crippen LogP contribution is 2.11. The molecule has 29 heavy (non-hydrogen) atoms. The van der Waals surface area contributed by atoms with Crippen molar-refractivity contribution in [3.8, 4) is 5.69 Å². The van der Waals surface area contributed by atoms with Gasteiger partial charge in [-0.05, 0) is 48.4 Å². The van der Waals surface area contributed by atoms with Gasteiger partial charge >= 0.3 is 0 Å². The Morgan fingerprint density at radius 1 is 1.10 bits per heavy atom. The Kier molecular flexibility index (Phi) is 6.58. The van der Waals surface area contributed by atoms with Gasteiger partial charge in [0.05, 0.1) is 16.8 Å². The van der Waals surface area contributed by atoms with E-state index in [-0.39, 0.29) is 17.3 Å². The molecule has 0 bridgehead atoms. The molecule has 7 nitrogen and oxygen atoms in total. The summed E-state index contributed by atoms with van der Waals surface area (Å²) < 4.78 is 28.3. The van der Waals surface area contributed by atoms with Crippen LogP contribution >= 0.6 is 0 Å². The molecule has 0 aliphatic heterocycles. The second-order valence-electron chi connectivity index (χ2n) is 6.30. The van der Waals surface area contributed by atoms with E-state index in [1.165, 1.54) is 30.3 Å². The summed E-state index contributed by atoms with van der Waals surface area (Å²) in [5, 5.41) is 7.17. The molecule has 0 fully saturated rings. The summed E-state index contributed by atoms with van der Waals surface area (Å²) >= 11 is 0. The number of nitrogens with one attached hydrogen (secondary N) is 2. The number of hydrogen-bond acceptors (Lipinski definition) is 4. The second-order valence-corrected chi connectivity index (χ2v) is 8.07. The van der Waals surface area contributed by atoms with E-state index in [0.717, 1.165) is 11.3 Å². The van der Waals surface area contributed by atoms with Gasteiger partial charge in [-0.2, -0.15) is 5.10 Å². The fourth-order valence-electron chi connectivity index (χ4n) is 2.67. The van der Waals surface area contributed by atoms with Gasteiger partial charge in [0.15, 0.2) is 0 Å². The molecule has 1 aromatic heterocycles. The van der Waals surface area contributed by atoms with Crippen LogP contribution < -0.4 is 10.0 Å². The zero-order valence-electron chi connectivity index (χ0n) is 15.8. The van der Waals surface area contributed by atoms with E-state index in [4.69, 9.17) is 0 Å². The third kappa shape index (κ3) is 5.40. The van der Waals surface area contributed by atoms with Gasteiger partial charge in [0, 0.05) is 24.8 Å². The minimum absolute atomic E-state index is 0.101. The summed E-state index contributed by atoms with van der Waals surface area (Å²) in [6.45, 7) is 4.07. The van der Waals surface area contributed by atoms with Crippen LogP contribution in [0.25, 0.3) is 5.69 Å². The van der Waals surface area contributed by atoms with Crippen LogP contribution in [0.2, 0.25) is 0 Å². The van der Waals surface area contributed by atoms with Crippen molar-refractivity contribution in [1.82, 2.24) is 19.8 Å². The third-order valence-electron chi connectivity index (χ3n) is 4.20. The lowest BCUT2D eigenvalue weighted by Gasteiger charge is -2.07. The highest BCUT2D eigenvalue weighted by molar-refractivity contribution is 7.89. The second kappa shape index (κ2) is 9.31. The van der Waals surface area contributed by atoms with Gasteiger partial charge in [-0.1, -0.05) is 24.3 Å². The van der Waals surface area contributed by atoms with Crippen LogP contribution in [0.15, 0.2) is 84.5 Å². The Labute approximate surface area is 170 Å². The summed E-state index contributed by atoms with van der Waals surface area (Å²) in [6.07, 6.45) is 5.80. The average molecular weight is 410 g/mol. The zero-order valence-corrected chi connectivity index (χ0v) is 16.6. The maximum absolute atomic E-state index is 12.3. The molecule has 0 atom stereocenters. The fraction of sp³-hybridized carbons (Fsp3) is 0.143. The first-order valence-corrected chi connectivity index (χ1v) is 10.6. The van der Waals surface area contributed by atoms with Crippen LogP contribution in [0, 0.1) is 0 Å². The largest absolute Gasteiger partial charge is 0.352 e. The highest BCUT2D eigenvalue weighted by Gasteiger charge is 2.14. The van der Waals surface area contributed by atoms with E-state index >= 15 is 0 Å². The van der Waals surface area contributed by atoms with Gasteiger partial charge in [0.1, 0.15) is 0 Å². The summed E-state index contributed by atoms with van der Waals surface area (Å²) in [5.74, 6) is -0.261. The normalized spacial score (nSPS) is 11.2. The summed E-state index contributed by atoms with van der Waals surface area (Å²) in [4.78, 5) is 12.4. The van der Waals surface area contributed by atoms with Crippen LogP contribution in [0.4, 0.5) is 0 Å². The van der Waals surface area contributed by atoms with E-state index in [9.17, 15) is 13.2 Å². The summed E-state index contributed by atoms with van der Waals surface area (Å²) in [7, 11) is -3.60. The number of hydrogen-bond donors (Lipinski definition) is 2.